The lowest BCUT2D eigenvalue weighted by Crippen LogP contribution is -2.28. The van der Waals surface area contributed by atoms with Crippen molar-refractivity contribution in [2.24, 2.45) is 0 Å². The van der Waals surface area contributed by atoms with E-state index in [9.17, 15) is 9.59 Å². The van der Waals surface area contributed by atoms with Crippen LogP contribution < -0.4 is 0 Å². The number of nitrogens with zero attached hydrogens (tertiary/aromatic N) is 1. The number of aromatic carboxylic acids is 1. The van der Waals surface area contributed by atoms with E-state index in [2.05, 4.69) is 4.98 Å². The van der Waals surface area contributed by atoms with E-state index in [1.54, 1.807) is 0 Å². The van der Waals surface area contributed by atoms with Crippen molar-refractivity contribution in [3.05, 3.63) is 15.6 Å². The summed E-state index contributed by atoms with van der Waals surface area (Å²) in [5.41, 5.74) is -0.768. The molecule has 1 aromatic rings. The van der Waals surface area contributed by atoms with Crippen LogP contribution in [0.3, 0.4) is 0 Å². The maximum Gasteiger partial charge on any atom is 0.356 e. The van der Waals surface area contributed by atoms with E-state index in [1.807, 2.05) is 20.8 Å². The minimum Gasteiger partial charge on any atom is -0.476 e. The van der Waals surface area contributed by atoms with Crippen LogP contribution in [0.2, 0.25) is 0 Å². The zero-order valence-electron chi connectivity index (χ0n) is 11.6. The van der Waals surface area contributed by atoms with Gasteiger partial charge in [-0.15, -0.1) is 11.3 Å². The van der Waals surface area contributed by atoms with Crippen LogP contribution in [0.4, 0.5) is 0 Å². The third-order valence-corrected chi connectivity index (χ3v) is 4.44. The van der Waals surface area contributed by atoms with Gasteiger partial charge in [0.15, 0.2) is 11.5 Å². The molecule has 1 rings (SSSR count). The molecule has 0 fully saturated rings. The molecule has 106 valence electrons. The predicted octanol–water partition coefficient (Wildman–Crippen LogP) is 3.10. The van der Waals surface area contributed by atoms with Crippen molar-refractivity contribution in [3.63, 3.8) is 0 Å². The third-order valence-electron chi connectivity index (χ3n) is 3.10. The normalized spacial score (nSPS) is 11.6. The molecule has 0 saturated heterocycles. The minimum absolute atomic E-state index is 0.168. The van der Waals surface area contributed by atoms with Gasteiger partial charge in [-0.2, -0.15) is 0 Å². The van der Waals surface area contributed by atoms with Crippen LogP contribution in [0.1, 0.15) is 65.7 Å². The molecule has 0 bridgehead atoms. The number of thiazole rings is 1. The van der Waals surface area contributed by atoms with Crippen LogP contribution in [0.5, 0.6) is 0 Å². The molecule has 19 heavy (non-hydrogen) atoms. The predicted molar refractivity (Wildman–Crippen MR) is 73.0 cm³/mol. The van der Waals surface area contributed by atoms with Gasteiger partial charge in [0.05, 0.1) is 0 Å². The monoisotopic (exact) mass is 285 g/mol. The van der Waals surface area contributed by atoms with E-state index in [0.717, 1.165) is 11.3 Å². The lowest BCUT2D eigenvalue weighted by atomic mass is 9.98. The molecule has 0 atom stereocenters. The fourth-order valence-corrected chi connectivity index (χ4v) is 3.23. The number of Topliss-reactive ketones (excluding diaryl/α,β-unsaturated/α-hetero) is 1. The maximum atomic E-state index is 11.5. The van der Waals surface area contributed by atoms with E-state index in [0.29, 0.717) is 24.5 Å². The summed E-state index contributed by atoms with van der Waals surface area (Å²) in [5.74, 6) is -1.45. The molecule has 0 unspecified atom stereocenters. The first-order valence-electron chi connectivity index (χ1n) is 6.31. The van der Waals surface area contributed by atoms with Crippen LogP contribution in [-0.4, -0.2) is 28.4 Å². The van der Waals surface area contributed by atoms with E-state index in [4.69, 9.17) is 9.84 Å². The second-order valence-electron chi connectivity index (χ2n) is 4.19. The van der Waals surface area contributed by atoms with Gasteiger partial charge >= 0.3 is 5.97 Å². The highest BCUT2D eigenvalue weighted by Crippen LogP contribution is 2.37. The Morgan fingerprint density at radius 1 is 1.32 bits per heavy atom. The van der Waals surface area contributed by atoms with Gasteiger partial charge in [-0.05, 0) is 19.8 Å². The van der Waals surface area contributed by atoms with Gasteiger partial charge in [-0.3, -0.25) is 4.79 Å². The molecule has 0 aliphatic carbocycles. The third kappa shape index (κ3) is 3.01. The fraction of sp³-hybridized carbons (Fsp3) is 0.615. The number of carbonyl (C=O) groups excluding carboxylic acids is 1. The van der Waals surface area contributed by atoms with Gasteiger partial charge in [0, 0.05) is 13.5 Å². The van der Waals surface area contributed by atoms with Crippen LogP contribution in [0.15, 0.2) is 0 Å². The van der Waals surface area contributed by atoms with Crippen LogP contribution in [0, 0.1) is 0 Å². The zero-order valence-corrected chi connectivity index (χ0v) is 12.5. The van der Waals surface area contributed by atoms with E-state index in [-0.39, 0.29) is 16.4 Å². The number of carbonyl (C=O) groups is 2. The first-order chi connectivity index (χ1) is 8.91. The van der Waals surface area contributed by atoms with Gasteiger partial charge < -0.3 is 9.84 Å². The summed E-state index contributed by atoms with van der Waals surface area (Å²) >= 11 is 1.13. The van der Waals surface area contributed by atoms with Crippen molar-refractivity contribution in [3.8, 4) is 0 Å². The van der Waals surface area contributed by atoms with Crippen LogP contribution in [-0.2, 0) is 10.3 Å². The molecule has 6 heteroatoms. The molecule has 0 aliphatic rings. The Kier molecular flexibility index (Phi) is 5.20. The Balaban J connectivity index is 3.37. The molecule has 1 N–H and O–H groups in total. The Hall–Kier alpha value is -1.27. The lowest BCUT2D eigenvalue weighted by molar-refractivity contribution is -0.0507. The molecular formula is C13H19NO4S. The summed E-state index contributed by atoms with van der Waals surface area (Å²) in [6.45, 7) is 7.68. The van der Waals surface area contributed by atoms with Crippen molar-refractivity contribution >= 4 is 23.1 Å². The van der Waals surface area contributed by atoms with Crippen molar-refractivity contribution in [2.45, 2.75) is 46.1 Å². The average molecular weight is 285 g/mol. The molecule has 0 aromatic carbocycles. The molecule has 0 amide bonds. The molecule has 0 radical (unpaired) electrons. The van der Waals surface area contributed by atoms with Gasteiger partial charge in [0.2, 0.25) is 0 Å². The molecule has 0 spiro atoms. The SMILES string of the molecule is CCOC(CC)(CC)c1nc(C(=O)O)c(C(C)=O)s1. The number of carboxylic acid groups (broad SMARTS) is 1. The van der Waals surface area contributed by atoms with Crippen LogP contribution >= 0.6 is 11.3 Å². The Morgan fingerprint density at radius 3 is 2.21 bits per heavy atom. The number of ketones is 1. The van der Waals surface area contributed by atoms with Crippen molar-refractivity contribution in [2.75, 3.05) is 6.61 Å². The summed E-state index contributed by atoms with van der Waals surface area (Å²) < 4.78 is 5.79. The Bertz CT molecular complexity index is 445. The summed E-state index contributed by atoms with van der Waals surface area (Å²) in [6, 6.07) is 0. The first kappa shape index (κ1) is 15.8. The second-order valence-corrected chi connectivity index (χ2v) is 5.19. The largest absolute Gasteiger partial charge is 0.476 e. The van der Waals surface area contributed by atoms with E-state index < -0.39 is 11.6 Å². The van der Waals surface area contributed by atoms with Crippen LogP contribution in [0.25, 0.3) is 0 Å². The van der Waals surface area contributed by atoms with Crippen molar-refractivity contribution in [1.29, 1.82) is 0 Å². The number of hydrogen-bond acceptors (Lipinski definition) is 5. The quantitative estimate of drug-likeness (QED) is 0.779. The van der Waals surface area contributed by atoms with Gasteiger partial charge in [-0.1, -0.05) is 13.8 Å². The summed E-state index contributed by atoms with van der Waals surface area (Å²) in [6.07, 6.45) is 1.36. The van der Waals surface area contributed by atoms with Crippen molar-refractivity contribution < 1.29 is 19.4 Å². The zero-order chi connectivity index (χ0) is 14.6. The Labute approximate surface area is 116 Å². The minimum atomic E-state index is -1.18. The number of carboxylic acids is 1. The summed E-state index contributed by atoms with van der Waals surface area (Å²) in [5, 5.41) is 9.69. The van der Waals surface area contributed by atoms with Crippen molar-refractivity contribution in [1.82, 2.24) is 4.98 Å². The summed E-state index contributed by atoms with van der Waals surface area (Å²) in [4.78, 5) is 27.0. The smallest absolute Gasteiger partial charge is 0.356 e. The molecular weight excluding hydrogens is 266 g/mol. The standard InChI is InChI=1S/C13H19NO4S/c1-5-13(6-2,18-7-3)12-14-9(11(16)17)10(19-12)8(4)15/h5-7H2,1-4H3,(H,16,17). The molecule has 5 nitrogen and oxygen atoms in total. The molecule has 1 aromatic heterocycles. The fourth-order valence-electron chi connectivity index (χ4n) is 1.99. The summed E-state index contributed by atoms with van der Waals surface area (Å²) in [7, 11) is 0. The van der Waals surface area contributed by atoms with Gasteiger partial charge in [0.1, 0.15) is 15.5 Å². The second kappa shape index (κ2) is 6.25. The van der Waals surface area contributed by atoms with E-state index in [1.165, 1.54) is 6.92 Å². The molecule has 0 saturated carbocycles. The highest BCUT2D eigenvalue weighted by Gasteiger charge is 2.35. The molecule has 1 heterocycles. The van der Waals surface area contributed by atoms with Gasteiger partial charge in [0.25, 0.3) is 0 Å². The van der Waals surface area contributed by atoms with E-state index >= 15 is 0 Å². The number of rotatable bonds is 7. The molecule has 0 aliphatic heterocycles. The number of aromatic nitrogens is 1. The number of ether oxygens (including phenoxy) is 1. The van der Waals surface area contributed by atoms with Gasteiger partial charge in [-0.25, -0.2) is 9.78 Å². The lowest BCUT2D eigenvalue weighted by Gasteiger charge is -2.29. The first-order valence-corrected chi connectivity index (χ1v) is 7.13. The topological polar surface area (TPSA) is 76.5 Å². The maximum absolute atomic E-state index is 11.5. The highest BCUT2D eigenvalue weighted by molar-refractivity contribution is 7.14. The average Bonchev–Trinajstić information content (AvgIpc) is 2.82. The Morgan fingerprint density at radius 2 is 1.89 bits per heavy atom. The number of hydrogen-bond donors (Lipinski definition) is 1. The highest BCUT2D eigenvalue weighted by atomic mass is 32.1.